The van der Waals surface area contributed by atoms with Crippen LogP contribution in [0.3, 0.4) is 0 Å². The van der Waals surface area contributed by atoms with Gasteiger partial charge in [0.05, 0.1) is 10.5 Å². The molecule has 1 aromatic carbocycles. The first-order valence-corrected chi connectivity index (χ1v) is 3.70. The van der Waals surface area contributed by atoms with Crippen molar-refractivity contribution in [3.63, 3.8) is 0 Å². The van der Waals surface area contributed by atoms with Gasteiger partial charge in [0.2, 0.25) is 0 Å². The standard InChI is InChI=1S/C8H4ClFN2/c9-6-2-8-5(1-7(6)10)3-11-4-12-8/h1-4H. The Labute approximate surface area is 73.0 Å². The second kappa shape index (κ2) is 2.68. The molecule has 12 heavy (non-hydrogen) atoms. The fourth-order valence-electron chi connectivity index (χ4n) is 0.976. The highest BCUT2D eigenvalue weighted by Gasteiger charge is 2.01. The van der Waals surface area contributed by atoms with Crippen molar-refractivity contribution < 1.29 is 4.39 Å². The summed E-state index contributed by atoms with van der Waals surface area (Å²) in [6, 6.07) is 2.80. The highest BCUT2D eigenvalue weighted by Crippen LogP contribution is 2.19. The van der Waals surface area contributed by atoms with E-state index in [1.807, 2.05) is 0 Å². The number of aromatic nitrogens is 2. The molecule has 0 aliphatic rings. The summed E-state index contributed by atoms with van der Waals surface area (Å²) < 4.78 is 12.9. The van der Waals surface area contributed by atoms with E-state index in [2.05, 4.69) is 9.97 Å². The first-order chi connectivity index (χ1) is 5.77. The Morgan fingerprint density at radius 2 is 2.17 bits per heavy atom. The minimum Gasteiger partial charge on any atom is -0.244 e. The predicted molar refractivity (Wildman–Crippen MR) is 44.5 cm³/mol. The smallest absolute Gasteiger partial charge is 0.142 e. The Bertz CT molecular complexity index is 390. The van der Waals surface area contributed by atoms with Crippen molar-refractivity contribution in [2.75, 3.05) is 0 Å². The van der Waals surface area contributed by atoms with Gasteiger partial charge in [-0.2, -0.15) is 0 Å². The SMILES string of the molecule is Fc1cc2cncnc2cc1Cl. The summed E-state index contributed by atoms with van der Waals surface area (Å²) in [5.74, 6) is -0.445. The van der Waals surface area contributed by atoms with Gasteiger partial charge in [-0.05, 0) is 12.1 Å². The van der Waals surface area contributed by atoms with E-state index in [0.717, 1.165) is 0 Å². The van der Waals surface area contributed by atoms with E-state index in [1.54, 1.807) is 6.20 Å². The summed E-state index contributed by atoms with van der Waals surface area (Å²) in [7, 11) is 0. The third-order valence-corrected chi connectivity index (χ3v) is 1.84. The predicted octanol–water partition coefficient (Wildman–Crippen LogP) is 2.42. The van der Waals surface area contributed by atoms with Gasteiger partial charge < -0.3 is 0 Å². The van der Waals surface area contributed by atoms with Crippen LogP contribution in [0.25, 0.3) is 10.9 Å². The summed E-state index contributed by atoms with van der Waals surface area (Å²) in [6.07, 6.45) is 2.94. The van der Waals surface area contributed by atoms with Crippen LogP contribution in [0.4, 0.5) is 4.39 Å². The van der Waals surface area contributed by atoms with Crippen LogP contribution in [-0.2, 0) is 0 Å². The lowest BCUT2D eigenvalue weighted by Crippen LogP contribution is -1.83. The maximum atomic E-state index is 12.9. The monoisotopic (exact) mass is 182 g/mol. The summed E-state index contributed by atoms with van der Waals surface area (Å²) in [6.45, 7) is 0. The van der Waals surface area contributed by atoms with Gasteiger partial charge in [0, 0.05) is 11.6 Å². The first kappa shape index (κ1) is 7.43. The van der Waals surface area contributed by atoms with Crippen LogP contribution in [0.15, 0.2) is 24.7 Å². The minimum atomic E-state index is -0.445. The Morgan fingerprint density at radius 1 is 1.33 bits per heavy atom. The van der Waals surface area contributed by atoms with E-state index in [4.69, 9.17) is 11.6 Å². The highest BCUT2D eigenvalue weighted by atomic mass is 35.5. The lowest BCUT2D eigenvalue weighted by Gasteiger charge is -1.96. The summed E-state index contributed by atoms with van der Waals surface area (Å²) in [5, 5.41) is 0.737. The number of hydrogen-bond acceptors (Lipinski definition) is 2. The maximum absolute atomic E-state index is 12.9. The van der Waals surface area contributed by atoms with Crippen molar-refractivity contribution in [3.8, 4) is 0 Å². The molecule has 2 aromatic rings. The number of fused-ring (bicyclic) bond motifs is 1. The molecule has 60 valence electrons. The second-order valence-electron chi connectivity index (χ2n) is 2.35. The van der Waals surface area contributed by atoms with Crippen molar-refractivity contribution >= 4 is 22.5 Å². The minimum absolute atomic E-state index is 0.0844. The third-order valence-electron chi connectivity index (χ3n) is 1.55. The van der Waals surface area contributed by atoms with Crippen LogP contribution >= 0.6 is 11.6 Å². The molecule has 0 atom stereocenters. The molecule has 0 bridgehead atoms. The zero-order valence-corrected chi connectivity index (χ0v) is 6.72. The zero-order chi connectivity index (χ0) is 8.55. The van der Waals surface area contributed by atoms with Gasteiger partial charge in [-0.1, -0.05) is 11.6 Å². The van der Waals surface area contributed by atoms with Crippen LogP contribution in [0, 0.1) is 5.82 Å². The normalized spacial score (nSPS) is 10.5. The maximum Gasteiger partial charge on any atom is 0.142 e. The number of hydrogen-bond donors (Lipinski definition) is 0. The van der Waals surface area contributed by atoms with E-state index < -0.39 is 5.82 Å². The fraction of sp³-hybridized carbons (Fsp3) is 0. The van der Waals surface area contributed by atoms with E-state index >= 15 is 0 Å². The van der Waals surface area contributed by atoms with Gasteiger partial charge in [-0.25, -0.2) is 14.4 Å². The Kier molecular flexibility index (Phi) is 1.66. The van der Waals surface area contributed by atoms with Crippen LogP contribution in [0.2, 0.25) is 5.02 Å². The molecule has 0 saturated heterocycles. The van der Waals surface area contributed by atoms with E-state index in [-0.39, 0.29) is 5.02 Å². The van der Waals surface area contributed by atoms with Crippen molar-refractivity contribution in [2.24, 2.45) is 0 Å². The quantitative estimate of drug-likeness (QED) is 0.625. The molecule has 2 rings (SSSR count). The molecule has 0 aliphatic heterocycles. The number of nitrogens with zero attached hydrogens (tertiary/aromatic N) is 2. The molecule has 0 fully saturated rings. The molecule has 0 aliphatic carbocycles. The van der Waals surface area contributed by atoms with E-state index in [0.29, 0.717) is 10.9 Å². The zero-order valence-electron chi connectivity index (χ0n) is 5.96. The molecule has 0 radical (unpaired) electrons. The van der Waals surface area contributed by atoms with Crippen molar-refractivity contribution in [3.05, 3.63) is 35.5 Å². The molecule has 0 amide bonds. The molecule has 0 unspecified atom stereocenters. The average molecular weight is 183 g/mol. The molecule has 0 N–H and O–H groups in total. The summed E-state index contributed by atoms with van der Waals surface area (Å²) >= 11 is 5.55. The topological polar surface area (TPSA) is 25.8 Å². The lowest BCUT2D eigenvalue weighted by molar-refractivity contribution is 0.630. The van der Waals surface area contributed by atoms with E-state index in [9.17, 15) is 4.39 Å². The van der Waals surface area contributed by atoms with E-state index in [1.165, 1.54) is 18.5 Å². The van der Waals surface area contributed by atoms with Crippen molar-refractivity contribution in [1.29, 1.82) is 0 Å². The van der Waals surface area contributed by atoms with Gasteiger partial charge >= 0.3 is 0 Å². The molecular weight excluding hydrogens is 179 g/mol. The molecule has 4 heteroatoms. The Balaban J connectivity index is 2.84. The molecular formula is C8H4ClFN2. The summed E-state index contributed by atoms with van der Waals surface area (Å²) in [4.78, 5) is 7.68. The van der Waals surface area contributed by atoms with Crippen LogP contribution < -0.4 is 0 Å². The van der Waals surface area contributed by atoms with Gasteiger partial charge in [-0.3, -0.25) is 0 Å². The third kappa shape index (κ3) is 1.12. The largest absolute Gasteiger partial charge is 0.244 e. The molecule has 0 spiro atoms. The van der Waals surface area contributed by atoms with Crippen molar-refractivity contribution in [1.82, 2.24) is 9.97 Å². The number of benzene rings is 1. The Hall–Kier alpha value is -1.22. The van der Waals surface area contributed by atoms with Gasteiger partial charge in [0.15, 0.2) is 0 Å². The van der Waals surface area contributed by atoms with Gasteiger partial charge in [-0.15, -0.1) is 0 Å². The van der Waals surface area contributed by atoms with Crippen LogP contribution in [0.1, 0.15) is 0 Å². The average Bonchev–Trinajstić information content (AvgIpc) is 2.07. The second-order valence-corrected chi connectivity index (χ2v) is 2.76. The van der Waals surface area contributed by atoms with Crippen LogP contribution in [-0.4, -0.2) is 9.97 Å². The molecule has 1 aromatic heterocycles. The fourth-order valence-corrected chi connectivity index (χ4v) is 1.13. The summed E-state index contributed by atoms with van der Waals surface area (Å²) in [5.41, 5.74) is 0.649. The van der Waals surface area contributed by atoms with Gasteiger partial charge in [0.1, 0.15) is 12.1 Å². The first-order valence-electron chi connectivity index (χ1n) is 3.32. The number of rotatable bonds is 0. The van der Waals surface area contributed by atoms with Crippen LogP contribution in [0.5, 0.6) is 0 Å². The highest BCUT2D eigenvalue weighted by molar-refractivity contribution is 6.31. The molecule has 2 nitrogen and oxygen atoms in total. The van der Waals surface area contributed by atoms with Crippen molar-refractivity contribution in [2.45, 2.75) is 0 Å². The molecule has 1 heterocycles. The lowest BCUT2D eigenvalue weighted by atomic mass is 10.2. The number of halogens is 2. The Morgan fingerprint density at radius 3 is 3.00 bits per heavy atom. The molecule has 0 saturated carbocycles. The van der Waals surface area contributed by atoms with Gasteiger partial charge in [0.25, 0.3) is 0 Å².